The predicted octanol–water partition coefficient (Wildman–Crippen LogP) is 1.65. The van der Waals surface area contributed by atoms with Gasteiger partial charge in [-0.1, -0.05) is 0 Å². The second kappa shape index (κ2) is 6.10. The third-order valence-corrected chi connectivity index (χ3v) is 3.81. The number of sulfone groups is 1. The minimum Gasteiger partial charge on any atom is -0.369 e. The van der Waals surface area contributed by atoms with Crippen molar-refractivity contribution in [2.45, 2.75) is 11.3 Å². The molecular formula is C10H16N2O2S2. The number of hydrogen-bond acceptors (Lipinski definition) is 5. The van der Waals surface area contributed by atoms with Gasteiger partial charge in [-0.2, -0.15) is 11.8 Å². The fraction of sp³-hybridized carbons (Fsp3) is 0.500. The third-order valence-electron chi connectivity index (χ3n) is 1.99. The highest BCUT2D eigenvalue weighted by molar-refractivity contribution is 7.98. The van der Waals surface area contributed by atoms with E-state index >= 15 is 0 Å². The summed E-state index contributed by atoms with van der Waals surface area (Å²) >= 11 is 1.77. The van der Waals surface area contributed by atoms with Gasteiger partial charge in [0.15, 0.2) is 9.84 Å². The zero-order chi connectivity index (χ0) is 12.0. The molecule has 0 aliphatic rings. The quantitative estimate of drug-likeness (QED) is 0.788. The van der Waals surface area contributed by atoms with Gasteiger partial charge >= 0.3 is 0 Å². The van der Waals surface area contributed by atoms with E-state index < -0.39 is 9.84 Å². The minimum absolute atomic E-state index is 0.263. The minimum atomic E-state index is -3.21. The van der Waals surface area contributed by atoms with Gasteiger partial charge in [0.05, 0.1) is 0 Å². The summed E-state index contributed by atoms with van der Waals surface area (Å²) in [6, 6.07) is 3.20. The van der Waals surface area contributed by atoms with Crippen molar-refractivity contribution in [2.24, 2.45) is 0 Å². The molecule has 0 saturated carbocycles. The number of aromatic nitrogens is 1. The van der Waals surface area contributed by atoms with Crippen molar-refractivity contribution in [3.8, 4) is 0 Å². The van der Waals surface area contributed by atoms with Gasteiger partial charge in [-0.05, 0) is 30.6 Å². The van der Waals surface area contributed by atoms with Crippen LogP contribution in [0.3, 0.4) is 0 Å². The zero-order valence-electron chi connectivity index (χ0n) is 9.43. The van der Waals surface area contributed by atoms with E-state index in [1.807, 2.05) is 6.26 Å². The lowest BCUT2D eigenvalue weighted by atomic mass is 10.4. The van der Waals surface area contributed by atoms with Crippen LogP contribution in [0.1, 0.15) is 6.42 Å². The molecule has 0 radical (unpaired) electrons. The average molecular weight is 260 g/mol. The van der Waals surface area contributed by atoms with Gasteiger partial charge in [0.1, 0.15) is 10.7 Å². The van der Waals surface area contributed by atoms with Crippen LogP contribution < -0.4 is 5.32 Å². The van der Waals surface area contributed by atoms with Gasteiger partial charge in [0, 0.05) is 19.0 Å². The molecule has 0 saturated heterocycles. The second-order valence-electron chi connectivity index (χ2n) is 3.40. The highest BCUT2D eigenvalue weighted by Crippen LogP contribution is 2.17. The standard InChI is InChI=1S/C10H16N2O2S2/c1-15-8-4-7-12-10-9(16(2,13)14)5-3-6-11-10/h3,5-6H,4,7-8H2,1-2H3,(H,11,12). The summed E-state index contributed by atoms with van der Waals surface area (Å²) in [6.45, 7) is 0.736. The van der Waals surface area contributed by atoms with Gasteiger partial charge in [-0.3, -0.25) is 0 Å². The Hall–Kier alpha value is -0.750. The summed E-state index contributed by atoms with van der Waals surface area (Å²) in [7, 11) is -3.21. The number of pyridine rings is 1. The Balaban J connectivity index is 2.73. The Morgan fingerprint density at radius 3 is 2.88 bits per heavy atom. The monoisotopic (exact) mass is 260 g/mol. The first kappa shape index (κ1) is 13.3. The molecule has 4 nitrogen and oxygen atoms in total. The van der Waals surface area contributed by atoms with Crippen LogP contribution in [0.5, 0.6) is 0 Å². The number of rotatable bonds is 6. The number of nitrogens with one attached hydrogen (secondary N) is 1. The lowest BCUT2D eigenvalue weighted by Gasteiger charge is -2.08. The van der Waals surface area contributed by atoms with E-state index in [9.17, 15) is 8.42 Å². The highest BCUT2D eigenvalue weighted by Gasteiger charge is 2.12. The molecule has 0 fully saturated rings. The number of hydrogen-bond donors (Lipinski definition) is 1. The van der Waals surface area contributed by atoms with E-state index in [1.165, 1.54) is 6.26 Å². The first-order chi connectivity index (χ1) is 7.55. The fourth-order valence-electron chi connectivity index (χ4n) is 1.25. The zero-order valence-corrected chi connectivity index (χ0v) is 11.1. The van der Waals surface area contributed by atoms with Gasteiger partial charge in [-0.15, -0.1) is 0 Å². The molecule has 0 bridgehead atoms. The van der Waals surface area contributed by atoms with Gasteiger partial charge in [0.25, 0.3) is 0 Å². The molecule has 0 spiro atoms. The molecule has 90 valence electrons. The Labute approximate surface area is 101 Å². The maximum atomic E-state index is 11.5. The molecule has 0 aliphatic heterocycles. The van der Waals surface area contributed by atoms with Crippen LogP contribution in [0, 0.1) is 0 Å². The predicted molar refractivity (Wildman–Crippen MR) is 68.8 cm³/mol. The lowest BCUT2D eigenvalue weighted by molar-refractivity contribution is 0.601. The van der Waals surface area contributed by atoms with Crippen LogP contribution in [0.2, 0.25) is 0 Å². The molecule has 0 aromatic carbocycles. The van der Waals surface area contributed by atoms with Crippen molar-refractivity contribution in [3.05, 3.63) is 18.3 Å². The Kier molecular flexibility index (Phi) is 5.08. The summed E-state index contributed by atoms with van der Waals surface area (Å²) in [5, 5.41) is 3.05. The van der Waals surface area contributed by atoms with Crippen LogP contribution >= 0.6 is 11.8 Å². The van der Waals surface area contributed by atoms with Crippen molar-refractivity contribution < 1.29 is 8.42 Å². The summed E-state index contributed by atoms with van der Waals surface area (Å²) in [4.78, 5) is 4.31. The number of nitrogens with zero attached hydrogens (tertiary/aromatic N) is 1. The third kappa shape index (κ3) is 4.02. The summed E-state index contributed by atoms with van der Waals surface area (Å²) in [5.41, 5.74) is 0. The maximum Gasteiger partial charge on any atom is 0.179 e. The Bertz CT molecular complexity index is 432. The summed E-state index contributed by atoms with van der Waals surface area (Å²) in [6.07, 6.45) is 5.81. The van der Waals surface area contributed by atoms with E-state index in [-0.39, 0.29) is 4.90 Å². The smallest absolute Gasteiger partial charge is 0.179 e. The largest absolute Gasteiger partial charge is 0.369 e. The Morgan fingerprint density at radius 1 is 1.50 bits per heavy atom. The summed E-state index contributed by atoms with van der Waals surface area (Å²) in [5.74, 6) is 1.50. The molecule has 1 aromatic heterocycles. The molecule has 1 rings (SSSR count). The topological polar surface area (TPSA) is 59.1 Å². The molecule has 0 unspecified atom stereocenters. The molecule has 6 heteroatoms. The van der Waals surface area contributed by atoms with Crippen LogP contribution in [-0.4, -0.2) is 38.2 Å². The van der Waals surface area contributed by atoms with Gasteiger partial charge < -0.3 is 5.32 Å². The molecule has 0 amide bonds. The van der Waals surface area contributed by atoms with Crippen molar-refractivity contribution in [3.63, 3.8) is 0 Å². The highest BCUT2D eigenvalue weighted by atomic mass is 32.2. The fourth-order valence-corrected chi connectivity index (χ4v) is 2.48. The van der Waals surface area contributed by atoms with E-state index in [0.717, 1.165) is 18.7 Å². The van der Waals surface area contributed by atoms with E-state index in [1.54, 1.807) is 30.1 Å². The average Bonchev–Trinajstić information content (AvgIpc) is 2.24. The van der Waals surface area contributed by atoms with Crippen LogP contribution in [0.4, 0.5) is 5.82 Å². The maximum absolute atomic E-state index is 11.5. The van der Waals surface area contributed by atoms with E-state index in [2.05, 4.69) is 10.3 Å². The van der Waals surface area contributed by atoms with Crippen LogP contribution in [-0.2, 0) is 9.84 Å². The van der Waals surface area contributed by atoms with Gasteiger partial charge in [-0.25, -0.2) is 13.4 Å². The van der Waals surface area contributed by atoms with Crippen molar-refractivity contribution >= 4 is 27.4 Å². The first-order valence-electron chi connectivity index (χ1n) is 4.93. The summed E-state index contributed by atoms with van der Waals surface area (Å²) < 4.78 is 22.9. The molecule has 0 aliphatic carbocycles. The van der Waals surface area contributed by atoms with Crippen molar-refractivity contribution in [2.75, 3.05) is 30.1 Å². The molecule has 1 aromatic rings. The molecular weight excluding hydrogens is 244 g/mol. The molecule has 1 N–H and O–H groups in total. The number of thioether (sulfide) groups is 1. The Morgan fingerprint density at radius 2 is 2.25 bits per heavy atom. The van der Waals surface area contributed by atoms with Crippen LogP contribution in [0.15, 0.2) is 23.2 Å². The van der Waals surface area contributed by atoms with Crippen molar-refractivity contribution in [1.82, 2.24) is 4.98 Å². The molecule has 1 heterocycles. The normalized spacial score (nSPS) is 11.4. The first-order valence-corrected chi connectivity index (χ1v) is 8.22. The molecule has 16 heavy (non-hydrogen) atoms. The van der Waals surface area contributed by atoms with Gasteiger partial charge in [0.2, 0.25) is 0 Å². The SMILES string of the molecule is CSCCCNc1ncccc1S(C)(=O)=O. The number of anilines is 1. The molecule has 0 atom stereocenters. The van der Waals surface area contributed by atoms with E-state index in [0.29, 0.717) is 5.82 Å². The second-order valence-corrected chi connectivity index (χ2v) is 6.37. The lowest BCUT2D eigenvalue weighted by Crippen LogP contribution is -2.09. The van der Waals surface area contributed by atoms with Crippen LogP contribution in [0.25, 0.3) is 0 Å². The van der Waals surface area contributed by atoms with E-state index in [4.69, 9.17) is 0 Å². The van der Waals surface area contributed by atoms with Crippen molar-refractivity contribution in [1.29, 1.82) is 0 Å².